The van der Waals surface area contributed by atoms with Crippen LogP contribution >= 0.6 is 0 Å². The Kier molecular flexibility index (Phi) is 4.93. The van der Waals surface area contributed by atoms with Crippen molar-refractivity contribution in [3.05, 3.63) is 35.9 Å². The number of amides is 1. The Bertz CT molecular complexity index is 897. The van der Waals surface area contributed by atoms with Crippen LogP contribution < -0.4 is 5.14 Å². The summed E-state index contributed by atoms with van der Waals surface area (Å²) in [5, 5.41) is 4.99. The Morgan fingerprint density at radius 1 is 1.12 bits per heavy atom. The van der Waals surface area contributed by atoms with Crippen molar-refractivity contribution in [1.82, 2.24) is 19.8 Å². The molecule has 1 aliphatic heterocycles. The predicted molar refractivity (Wildman–Crippen MR) is 89.8 cm³/mol. The predicted octanol–water partition coefficient (Wildman–Crippen LogP) is -0.185. The normalized spacial score (nSPS) is 16.3. The van der Waals surface area contributed by atoms with E-state index in [1.165, 1.54) is 24.5 Å². The van der Waals surface area contributed by atoms with E-state index < -0.39 is 21.7 Å². The summed E-state index contributed by atoms with van der Waals surface area (Å²) in [7, 11) is -3.51. The highest BCUT2D eigenvalue weighted by Gasteiger charge is 2.25. The zero-order valence-corrected chi connectivity index (χ0v) is 14.2. The topological polar surface area (TPSA) is 109 Å². The minimum atomic E-state index is -3.51. The van der Waals surface area contributed by atoms with Gasteiger partial charge in [-0.3, -0.25) is 19.7 Å². The number of primary sulfonamides is 1. The summed E-state index contributed by atoms with van der Waals surface area (Å²) < 4.78 is 36.3. The fourth-order valence-electron chi connectivity index (χ4n) is 2.75. The van der Waals surface area contributed by atoms with Crippen LogP contribution in [0, 0.1) is 5.82 Å². The van der Waals surface area contributed by atoms with Gasteiger partial charge in [-0.2, -0.15) is 0 Å². The fourth-order valence-corrected chi connectivity index (χ4v) is 3.26. The van der Waals surface area contributed by atoms with Gasteiger partial charge in [0, 0.05) is 51.2 Å². The highest BCUT2D eigenvalue weighted by atomic mass is 32.2. The number of nitrogens with zero attached hydrogens (tertiary/aromatic N) is 4. The maximum absolute atomic E-state index is 14.2. The Labute approximate surface area is 144 Å². The van der Waals surface area contributed by atoms with Gasteiger partial charge in [-0.05, 0) is 6.07 Å². The van der Waals surface area contributed by atoms with Gasteiger partial charge in [0.2, 0.25) is 10.0 Å². The van der Waals surface area contributed by atoms with Gasteiger partial charge in [0.05, 0.1) is 22.3 Å². The summed E-state index contributed by atoms with van der Waals surface area (Å²) in [6.07, 6.45) is 2.95. The molecule has 0 spiro atoms. The van der Waals surface area contributed by atoms with E-state index in [1.54, 1.807) is 4.90 Å². The van der Waals surface area contributed by atoms with Gasteiger partial charge in [-0.1, -0.05) is 0 Å². The van der Waals surface area contributed by atoms with Gasteiger partial charge in [0.25, 0.3) is 5.91 Å². The van der Waals surface area contributed by atoms with Crippen molar-refractivity contribution in [2.24, 2.45) is 5.14 Å². The molecule has 3 rings (SSSR count). The monoisotopic (exact) mass is 367 g/mol. The van der Waals surface area contributed by atoms with Gasteiger partial charge in [-0.15, -0.1) is 0 Å². The molecular formula is C15H18FN5O3S. The second kappa shape index (κ2) is 6.98. The van der Waals surface area contributed by atoms with Crippen LogP contribution in [-0.4, -0.2) is 72.6 Å². The first kappa shape index (κ1) is 17.6. The van der Waals surface area contributed by atoms with Gasteiger partial charge in [-0.25, -0.2) is 17.9 Å². The number of carbonyl (C=O) groups excluding carboxylic acids is 1. The molecule has 10 heteroatoms. The average Bonchev–Trinajstić information content (AvgIpc) is 2.58. The largest absolute Gasteiger partial charge is 0.336 e. The first-order chi connectivity index (χ1) is 11.8. The van der Waals surface area contributed by atoms with Crippen LogP contribution in [0.1, 0.15) is 10.4 Å². The highest BCUT2D eigenvalue weighted by Crippen LogP contribution is 2.18. The molecule has 0 radical (unpaired) electrons. The molecule has 1 fully saturated rings. The van der Waals surface area contributed by atoms with E-state index >= 15 is 0 Å². The molecule has 1 aliphatic rings. The zero-order valence-electron chi connectivity index (χ0n) is 13.4. The Hall–Kier alpha value is -2.17. The standard InChI is InChI=1S/C15H18FN5O3S/c16-12-10-14-13(18-1-2-19-14)9-11(12)15(22)21-5-3-20(4-6-21)7-8-25(17,23)24/h1-2,9-10H,3-8H2,(H2,17,23,24). The van der Waals surface area contributed by atoms with Crippen molar-refractivity contribution in [3.8, 4) is 0 Å². The van der Waals surface area contributed by atoms with Crippen LogP contribution in [0.15, 0.2) is 24.5 Å². The molecule has 2 heterocycles. The second-order valence-electron chi connectivity index (χ2n) is 5.88. The smallest absolute Gasteiger partial charge is 0.256 e. The third-order valence-electron chi connectivity index (χ3n) is 4.14. The quantitative estimate of drug-likeness (QED) is 0.802. The first-order valence-electron chi connectivity index (χ1n) is 7.76. The number of sulfonamides is 1. The molecule has 0 unspecified atom stereocenters. The lowest BCUT2D eigenvalue weighted by molar-refractivity contribution is 0.0639. The molecule has 134 valence electrons. The average molecular weight is 367 g/mol. The van der Waals surface area contributed by atoms with E-state index in [9.17, 15) is 17.6 Å². The van der Waals surface area contributed by atoms with Crippen molar-refractivity contribution >= 4 is 27.0 Å². The SMILES string of the molecule is NS(=O)(=O)CCN1CCN(C(=O)c2cc3nccnc3cc2F)CC1. The molecule has 1 saturated heterocycles. The number of carbonyl (C=O) groups is 1. The molecule has 1 aromatic carbocycles. The molecule has 1 amide bonds. The molecule has 0 saturated carbocycles. The molecule has 1 aromatic heterocycles. The minimum absolute atomic E-state index is 0.0361. The molecular weight excluding hydrogens is 349 g/mol. The summed E-state index contributed by atoms with van der Waals surface area (Å²) in [4.78, 5) is 24.2. The number of aromatic nitrogens is 2. The van der Waals surface area contributed by atoms with Crippen LogP contribution in [0.4, 0.5) is 4.39 Å². The number of benzene rings is 1. The molecule has 0 atom stereocenters. The van der Waals surface area contributed by atoms with Crippen LogP contribution in [0.25, 0.3) is 11.0 Å². The number of halogens is 1. The molecule has 0 aliphatic carbocycles. The maximum atomic E-state index is 14.2. The van der Waals surface area contributed by atoms with Gasteiger partial charge >= 0.3 is 0 Å². The number of nitrogens with two attached hydrogens (primary N) is 1. The minimum Gasteiger partial charge on any atom is -0.336 e. The number of hydrogen-bond acceptors (Lipinski definition) is 6. The number of piperazine rings is 1. The fraction of sp³-hybridized carbons (Fsp3) is 0.400. The highest BCUT2D eigenvalue weighted by molar-refractivity contribution is 7.89. The lowest BCUT2D eigenvalue weighted by Gasteiger charge is -2.34. The van der Waals surface area contributed by atoms with Gasteiger partial charge < -0.3 is 4.90 Å². The second-order valence-corrected chi connectivity index (χ2v) is 7.61. The van der Waals surface area contributed by atoms with E-state index in [-0.39, 0.29) is 11.3 Å². The first-order valence-corrected chi connectivity index (χ1v) is 9.47. The number of hydrogen-bond donors (Lipinski definition) is 1. The molecule has 2 aromatic rings. The third kappa shape index (κ3) is 4.27. The van der Waals surface area contributed by atoms with Crippen LogP contribution in [-0.2, 0) is 10.0 Å². The summed E-state index contributed by atoms with van der Waals surface area (Å²) in [6, 6.07) is 2.62. The summed E-state index contributed by atoms with van der Waals surface area (Å²) >= 11 is 0. The lowest BCUT2D eigenvalue weighted by Crippen LogP contribution is -2.50. The molecule has 25 heavy (non-hydrogen) atoms. The Morgan fingerprint density at radius 2 is 1.72 bits per heavy atom. The zero-order chi connectivity index (χ0) is 18.0. The van der Waals surface area contributed by atoms with E-state index in [1.807, 2.05) is 4.90 Å². The molecule has 8 nitrogen and oxygen atoms in total. The van der Waals surface area contributed by atoms with E-state index in [0.717, 1.165) is 0 Å². The van der Waals surface area contributed by atoms with Gasteiger partial charge in [0.1, 0.15) is 5.82 Å². The maximum Gasteiger partial charge on any atom is 0.256 e. The van der Waals surface area contributed by atoms with Crippen molar-refractivity contribution < 1.29 is 17.6 Å². The Morgan fingerprint density at radius 3 is 2.32 bits per heavy atom. The summed E-state index contributed by atoms with van der Waals surface area (Å²) in [6.45, 7) is 2.12. The van der Waals surface area contributed by atoms with Crippen molar-refractivity contribution in [3.63, 3.8) is 0 Å². The molecule has 0 bridgehead atoms. The summed E-state index contributed by atoms with van der Waals surface area (Å²) in [5.74, 6) is -1.16. The van der Waals surface area contributed by atoms with Crippen LogP contribution in [0.2, 0.25) is 0 Å². The third-order valence-corrected chi connectivity index (χ3v) is 4.89. The Balaban J connectivity index is 1.68. The van der Waals surface area contributed by atoms with E-state index in [0.29, 0.717) is 43.8 Å². The van der Waals surface area contributed by atoms with Crippen LogP contribution in [0.5, 0.6) is 0 Å². The number of fused-ring (bicyclic) bond motifs is 1. The lowest BCUT2D eigenvalue weighted by atomic mass is 10.1. The van der Waals surface area contributed by atoms with Crippen molar-refractivity contribution in [1.29, 1.82) is 0 Å². The molecule has 2 N–H and O–H groups in total. The van der Waals surface area contributed by atoms with E-state index in [2.05, 4.69) is 9.97 Å². The van der Waals surface area contributed by atoms with Crippen molar-refractivity contribution in [2.45, 2.75) is 0 Å². The summed E-state index contributed by atoms with van der Waals surface area (Å²) in [5.41, 5.74) is 0.814. The van der Waals surface area contributed by atoms with E-state index in [4.69, 9.17) is 5.14 Å². The van der Waals surface area contributed by atoms with Crippen molar-refractivity contribution in [2.75, 3.05) is 38.5 Å². The van der Waals surface area contributed by atoms with Gasteiger partial charge in [0.15, 0.2) is 0 Å². The number of rotatable bonds is 4. The van der Waals surface area contributed by atoms with Crippen LogP contribution in [0.3, 0.4) is 0 Å².